The Balaban J connectivity index is 1.82. The first-order valence-electron chi connectivity index (χ1n) is 9.63. The number of halogens is 2. The number of ether oxygens (including phenoxy) is 1. The molecule has 0 radical (unpaired) electrons. The molecule has 1 amide bonds. The number of alkyl halides is 2. The monoisotopic (exact) mass is 394 g/mol. The van der Waals surface area contributed by atoms with Crippen LogP contribution in [0.15, 0.2) is 22.6 Å². The number of rotatable bonds is 8. The summed E-state index contributed by atoms with van der Waals surface area (Å²) in [6.07, 6.45) is 1.19. The standard InChI is InChI=1S/C21H28F2N2O3/c1-5-17(21(22,23)11-24)25-19(26)18-12(2)28-16-7-6-14(8-15(16)18)27-10-13-9-20(13,3)4/h6-8,13,17H,5,9-11,24H2,1-4H3,(H,25,26). The van der Waals surface area contributed by atoms with Gasteiger partial charge in [0.15, 0.2) is 0 Å². The molecule has 0 saturated heterocycles. The van der Waals surface area contributed by atoms with Crippen LogP contribution in [0.4, 0.5) is 8.78 Å². The first-order chi connectivity index (χ1) is 13.1. The number of furan rings is 1. The second kappa shape index (κ2) is 7.35. The maximum Gasteiger partial charge on any atom is 0.279 e. The number of aryl methyl sites for hydroxylation is 1. The van der Waals surface area contributed by atoms with Gasteiger partial charge in [-0.2, -0.15) is 0 Å². The molecule has 0 aliphatic heterocycles. The van der Waals surface area contributed by atoms with Gasteiger partial charge in [-0.25, -0.2) is 8.78 Å². The summed E-state index contributed by atoms with van der Waals surface area (Å²) in [5.41, 5.74) is 6.24. The van der Waals surface area contributed by atoms with Crippen LogP contribution in [0.1, 0.15) is 49.7 Å². The Hall–Kier alpha value is -2.15. The Kier molecular flexibility index (Phi) is 5.40. The number of amides is 1. The second-order valence-electron chi connectivity index (χ2n) is 8.29. The van der Waals surface area contributed by atoms with Crippen molar-refractivity contribution in [3.8, 4) is 5.75 Å². The van der Waals surface area contributed by atoms with Crippen molar-refractivity contribution in [2.45, 2.75) is 52.5 Å². The SMILES string of the molecule is CCC(NC(=O)c1c(C)oc2ccc(OCC3CC3(C)C)cc12)C(F)(F)CN. The summed E-state index contributed by atoms with van der Waals surface area (Å²) in [7, 11) is 0. The van der Waals surface area contributed by atoms with Gasteiger partial charge >= 0.3 is 0 Å². The maximum atomic E-state index is 14.0. The molecule has 3 N–H and O–H groups in total. The van der Waals surface area contributed by atoms with Crippen molar-refractivity contribution in [3.63, 3.8) is 0 Å². The fraction of sp³-hybridized carbons (Fsp3) is 0.571. The fourth-order valence-electron chi connectivity index (χ4n) is 3.51. The van der Waals surface area contributed by atoms with Gasteiger partial charge in [0.2, 0.25) is 0 Å². The van der Waals surface area contributed by atoms with E-state index in [9.17, 15) is 13.6 Å². The van der Waals surface area contributed by atoms with Crippen molar-refractivity contribution < 1.29 is 22.7 Å². The Morgan fingerprint density at radius 1 is 1.46 bits per heavy atom. The quantitative estimate of drug-likeness (QED) is 0.701. The molecule has 1 aromatic heterocycles. The third-order valence-electron chi connectivity index (χ3n) is 5.73. The van der Waals surface area contributed by atoms with Gasteiger partial charge in [0.25, 0.3) is 11.8 Å². The maximum absolute atomic E-state index is 14.0. The fourth-order valence-corrected chi connectivity index (χ4v) is 3.51. The minimum atomic E-state index is -3.18. The highest BCUT2D eigenvalue weighted by Gasteiger charge is 2.46. The van der Waals surface area contributed by atoms with E-state index in [2.05, 4.69) is 19.2 Å². The number of nitrogens with one attached hydrogen (secondary N) is 1. The van der Waals surface area contributed by atoms with E-state index < -0.39 is 24.4 Å². The minimum Gasteiger partial charge on any atom is -0.493 e. The molecule has 7 heteroatoms. The predicted molar refractivity (Wildman–Crippen MR) is 104 cm³/mol. The Morgan fingerprint density at radius 3 is 2.71 bits per heavy atom. The van der Waals surface area contributed by atoms with Crippen molar-refractivity contribution in [3.05, 3.63) is 29.5 Å². The topological polar surface area (TPSA) is 77.5 Å². The van der Waals surface area contributed by atoms with Gasteiger partial charge in [-0.3, -0.25) is 4.79 Å². The molecule has 1 aliphatic rings. The summed E-state index contributed by atoms with van der Waals surface area (Å²) in [5, 5.41) is 2.96. The summed E-state index contributed by atoms with van der Waals surface area (Å²) in [5.74, 6) is -2.26. The third-order valence-corrected chi connectivity index (χ3v) is 5.73. The molecule has 0 spiro atoms. The van der Waals surface area contributed by atoms with E-state index in [0.29, 0.717) is 40.4 Å². The molecule has 1 aliphatic carbocycles. The lowest BCUT2D eigenvalue weighted by Crippen LogP contribution is -2.51. The van der Waals surface area contributed by atoms with Gasteiger partial charge in [-0.05, 0) is 49.3 Å². The molecular formula is C21H28F2N2O3. The van der Waals surface area contributed by atoms with Gasteiger partial charge in [-0.1, -0.05) is 20.8 Å². The zero-order chi connectivity index (χ0) is 20.7. The summed E-state index contributed by atoms with van der Waals surface area (Å²) < 4.78 is 39.4. The van der Waals surface area contributed by atoms with E-state index in [1.54, 1.807) is 32.0 Å². The molecule has 2 unspecified atom stereocenters. The predicted octanol–water partition coefficient (Wildman–Crippen LogP) is 4.27. The van der Waals surface area contributed by atoms with E-state index in [1.807, 2.05) is 0 Å². The van der Waals surface area contributed by atoms with Gasteiger partial charge in [0, 0.05) is 5.39 Å². The van der Waals surface area contributed by atoms with Crippen LogP contribution < -0.4 is 15.8 Å². The molecule has 28 heavy (non-hydrogen) atoms. The number of carbonyl (C=O) groups is 1. The first kappa shape index (κ1) is 20.6. The van der Waals surface area contributed by atoms with Crippen LogP contribution in [0.5, 0.6) is 5.75 Å². The smallest absolute Gasteiger partial charge is 0.279 e. The summed E-state index contributed by atoms with van der Waals surface area (Å²) in [6.45, 7) is 7.41. The van der Waals surface area contributed by atoms with Gasteiger partial charge < -0.3 is 20.2 Å². The number of hydrogen-bond acceptors (Lipinski definition) is 4. The molecule has 0 bridgehead atoms. The number of nitrogens with two attached hydrogens (primary N) is 1. The van der Waals surface area contributed by atoms with E-state index in [-0.39, 0.29) is 12.0 Å². The molecule has 1 heterocycles. The average molecular weight is 394 g/mol. The largest absolute Gasteiger partial charge is 0.493 e. The first-order valence-corrected chi connectivity index (χ1v) is 9.63. The molecule has 1 fully saturated rings. The summed E-state index contributed by atoms with van der Waals surface area (Å²) >= 11 is 0. The molecule has 2 aromatic rings. The number of carbonyl (C=O) groups excluding carboxylic acids is 1. The van der Waals surface area contributed by atoms with Crippen molar-refractivity contribution >= 4 is 16.9 Å². The lowest BCUT2D eigenvalue weighted by atomic mass is 10.1. The summed E-state index contributed by atoms with van der Waals surface area (Å²) in [6, 6.07) is 3.92. The van der Waals surface area contributed by atoms with Crippen LogP contribution in [0, 0.1) is 18.3 Å². The van der Waals surface area contributed by atoms with Crippen LogP contribution >= 0.6 is 0 Å². The molecule has 154 valence electrons. The van der Waals surface area contributed by atoms with Crippen molar-refractivity contribution in [1.29, 1.82) is 0 Å². The van der Waals surface area contributed by atoms with Gasteiger partial charge in [0.05, 0.1) is 24.8 Å². The minimum absolute atomic E-state index is 0.0658. The molecule has 1 aromatic carbocycles. The zero-order valence-corrected chi connectivity index (χ0v) is 16.8. The third kappa shape index (κ3) is 3.99. The molecule has 1 saturated carbocycles. The second-order valence-corrected chi connectivity index (χ2v) is 8.29. The van der Waals surface area contributed by atoms with Crippen LogP contribution in [0.25, 0.3) is 11.0 Å². The van der Waals surface area contributed by atoms with E-state index >= 15 is 0 Å². The normalized spacial score (nSPS) is 19.5. The molecule has 3 rings (SSSR count). The van der Waals surface area contributed by atoms with Crippen LogP contribution in [0.3, 0.4) is 0 Å². The Morgan fingerprint density at radius 2 is 2.14 bits per heavy atom. The molecular weight excluding hydrogens is 366 g/mol. The van der Waals surface area contributed by atoms with Crippen molar-refractivity contribution in [2.24, 2.45) is 17.1 Å². The van der Waals surface area contributed by atoms with Gasteiger partial charge in [0.1, 0.15) is 17.1 Å². The van der Waals surface area contributed by atoms with Crippen molar-refractivity contribution in [1.82, 2.24) is 5.32 Å². The molecule has 5 nitrogen and oxygen atoms in total. The highest BCUT2D eigenvalue weighted by atomic mass is 19.3. The number of fused-ring (bicyclic) bond motifs is 1. The zero-order valence-electron chi connectivity index (χ0n) is 16.8. The Labute approximate surface area is 163 Å². The van der Waals surface area contributed by atoms with E-state index in [1.165, 1.54) is 0 Å². The summed E-state index contributed by atoms with van der Waals surface area (Å²) in [4.78, 5) is 12.8. The van der Waals surface area contributed by atoms with Crippen LogP contribution in [-0.4, -0.2) is 31.0 Å². The molecule has 2 atom stereocenters. The van der Waals surface area contributed by atoms with E-state index in [0.717, 1.165) is 6.42 Å². The van der Waals surface area contributed by atoms with E-state index in [4.69, 9.17) is 14.9 Å². The highest BCUT2D eigenvalue weighted by molar-refractivity contribution is 6.07. The Bertz CT molecular complexity index is 876. The lowest BCUT2D eigenvalue weighted by molar-refractivity contribution is -0.0272. The average Bonchev–Trinajstić information content (AvgIpc) is 3.11. The highest BCUT2D eigenvalue weighted by Crippen LogP contribution is 2.51. The number of benzene rings is 1. The number of hydrogen-bond donors (Lipinski definition) is 2. The van der Waals surface area contributed by atoms with Gasteiger partial charge in [-0.15, -0.1) is 0 Å². The lowest BCUT2D eigenvalue weighted by Gasteiger charge is -2.25. The van der Waals surface area contributed by atoms with Crippen molar-refractivity contribution in [2.75, 3.05) is 13.2 Å². The van der Waals surface area contributed by atoms with Crippen LogP contribution in [-0.2, 0) is 0 Å². The van der Waals surface area contributed by atoms with Crippen LogP contribution in [0.2, 0.25) is 0 Å².